The third-order valence-electron chi connectivity index (χ3n) is 2.10. The average Bonchev–Trinajstić information content (AvgIpc) is 2.67. The second-order valence-corrected chi connectivity index (χ2v) is 5.07. The van der Waals surface area contributed by atoms with E-state index < -0.39 is 5.91 Å². The highest BCUT2D eigenvalue weighted by molar-refractivity contribution is 7.14. The number of unbranched alkanes of at least 4 members (excludes halogenated alkanes) is 1. The molecule has 17 heavy (non-hydrogen) atoms. The van der Waals surface area contributed by atoms with Crippen LogP contribution in [0.2, 0.25) is 0 Å². The Morgan fingerprint density at radius 1 is 1.53 bits per heavy atom. The zero-order valence-corrected chi connectivity index (χ0v) is 11.3. The van der Waals surface area contributed by atoms with Gasteiger partial charge in [-0.1, -0.05) is 18.6 Å². The highest BCUT2D eigenvalue weighted by Gasteiger charge is 2.13. The van der Waals surface area contributed by atoms with Gasteiger partial charge in [-0.05, 0) is 18.9 Å². The summed E-state index contributed by atoms with van der Waals surface area (Å²) < 4.78 is 0. The maximum atomic E-state index is 11.3. The third-order valence-corrected chi connectivity index (χ3v) is 3.29. The number of nitrogens with zero attached hydrogens (tertiary/aromatic N) is 3. The van der Waals surface area contributed by atoms with Crippen molar-refractivity contribution in [2.45, 2.75) is 26.2 Å². The zero-order chi connectivity index (χ0) is 12.8. The minimum absolute atomic E-state index is 0.439. The fraction of sp³-hybridized carbons (Fsp3) is 0.545. The van der Waals surface area contributed by atoms with Crippen molar-refractivity contribution in [1.82, 2.24) is 5.01 Å². The van der Waals surface area contributed by atoms with E-state index in [-0.39, 0.29) is 0 Å². The molecule has 0 atom stereocenters. The molecule has 94 valence electrons. The summed E-state index contributed by atoms with van der Waals surface area (Å²) in [6.45, 7) is 2.13. The van der Waals surface area contributed by atoms with Gasteiger partial charge in [0, 0.05) is 19.0 Å². The van der Waals surface area contributed by atoms with Crippen LogP contribution < -0.4 is 5.73 Å². The van der Waals surface area contributed by atoms with Gasteiger partial charge in [-0.25, -0.2) is 0 Å². The third kappa shape index (κ3) is 4.14. The topological polar surface area (TPSA) is 71.1 Å². The van der Waals surface area contributed by atoms with Crippen LogP contribution in [0.25, 0.3) is 0 Å². The smallest absolute Gasteiger partial charge is 0.261 e. The highest BCUT2D eigenvalue weighted by atomic mass is 32.1. The predicted octanol–water partition coefficient (Wildman–Crippen LogP) is 2.75. The maximum absolute atomic E-state index is 11.3. The Morgan fingerprint density at radius 2 is 2.24 bits per heavy atom. The van der Waals surface area contributed by atoms with E-state index in [4.69, 9.17) is 5.73 Å². The van der Waals surface area contributed by atoms with Crippen LogP contribution in [0, 0.1) is 0 Å². The second-order valence-electron chi connectivity index (χ2n) is 3.93. The molecule has 0 aliphatic heterocycles. The lowest BCUT2D eigenvalue weighted by Gasteiger charge is -1.99. The van der Waals surface area contributed by atoms with Crippen LogP contribution in [-0.2, 0) is 6.42 Å². The monoisotopic (exact) mass is 254 g/mol. The Morgan fingerprint density at radius 3 is 2.76 bits per heavy atom. The van der Waals surface area contributed by atoms with Gasteiger partial charge in [0.05, 0.1) is 0 Å². The number of thiophene rings is 1. The standard InChI is InChI=1S/C11H18N4OS/c1-4-5-6-8-7-9(13-14-15(2)3)10(17-8)11(12)16/h7H,4-6H2,1-3H3,(H2,12,16). The number of carbonyl (C=O) groups excluding carboxylic acids is 1. The predicted molar refractivity (Wildman–Crippen MR) is 69.7 cm³/mol. The lowest BCUT2D eigenvalue weighted by Crippen LogP contribution is -2.08. The van der Waals surface area contributed by atoms with Gasteiger partial charge >= 0.3 is 0 Å². The van der Waals surface area contributed by atoms with E-state index in [1.54, 1.807) is 19.1 Å². The fourth-order valence-electron chi connectivity index (χ4n) is 1.29. The van der Waals surface area contributed by atoms with Gasteiger partial charge in [0.2, 0.25) is 0 Å². The Balaban J connectivity index is 2.93. The SMILES string of the molecule is CCCCc1cc(N=NN(C)C)c(C(N)=O)s1. The normalized spacial score (nSPS) is 11.0. The van der Waals surface area contributed by atoms with Crippen molar-refractivity contribution < 1.29 is 4.79 Å². The molecule has 0 aliphatic carbocycles. The van der Waals surface area contributed by atoms with Crippen LogP contribution in [0.15, 0.2) is 16.4 Å². The van der Waals surface area contributed by atoms with Crippen LogP contribution in [0.1, 0.15) is 34.3 Å². The van der Waals surface area contributed by atoms with Gasteiger partial charge in [0.25, 0.3) is 5.91 Å². The molecule has 0 unspecified atom stereocenters. The molecule has 0 bridgehead atoms. The van der Waals surface area contributed by atoms with Crippen molar-refractivity contribution in [3.05, 3.63) is 15.8 Å². The Labute approximate surface area is 105 Å². The van der Waals surface area contributed by atoms with Crippen LogP contribution in [0.3, 0.4) is 0 Å². The summed E-state index contributed by atoms with van der Waals surface area (Å²) in [4.78, 5) is 12.9. The number of nitrogens with two attached hydrogens (primary N) is 1. The number of hydrogen-bond donors (Lipinski definition) is 1. The molecule has 0 radical (unpaired) electrons. The van der Waals surface area contributed by atoms with Crippen molar-refractivity contribution in [3.8, 4) is 0 Å². The quantitative estimate of drug-likeness (QED) is 0.626. The number of aryl methyl sites for hydroxylation is 1. The molecule has 1 amide bonds. The number of amides is 1. The van der Waals surface area contributed by atoms with Gasteiger partial charge in [-0.3, -0.25) is 9.80 Å². The van der Waals surface area contributed by atoms with E-state index in [0.29, 0.717) is 10.6 Å². The van der Waals surface area contributed by atoms with E-state index in [9.17, 15) is 4.79 Å². The molecule has 1 aromatic rings. The molecule has 1 aromatic heterocycles. The van der Waals surface area contributed by atoms with Crippen molar-refractivity contribution in [2.24, 2.45) is 16.1 Å². The van der Waals surface area contributed by atoms with Gasteiger partial charge in [-0.15, -0.1) is 16.5 Å². The molecule has 1 rings (SSSR count). The van der Waals surface area contributed by atoms with Crippen LogP contribution in [-0.4, -0.2) is 25.0 Å². The van der Waals surface area contributed by atoms with E-state index in [0.717, 1.165) is 24.1 Å². The highest BCUT2D eigenvalue weighted by Crippen LogP contribution is 2.30. The summed E-state index contributed by atoms with van der Waals surface area (Å²) >= 11 is 1.41. The fourth-order valence-corrected chi connectivity index (χ4v) is 2.28. The first-order valence-electron chi connectivity index (χ1n) is 5.56. The molecule has 0 spiro atoms. The first-order chi connectivity index (χ1) is 8.04. The number of hydrogen-bond acceptors (Lipinski definition) is 4. The summed E-state index contributed by atoms with van der Waals surface area (Å²) in [6.07, 6.45) is 3.18. The molecular formula is C11H18N4OS. The number of primary amides is 1. The largest absolute Gasteiger partial charge is 0.365 e. The van der Waals surface area contributed by atoms with Crippen molar-refractivity contribution in [1.29, 1.82) is 0 Å². The molecule has 0 fully saturated rings. The summed E-state index contributed by atoms with van der Waals surface area (Å²) in [5, 5.41) is 9.48. The zero-order valence-electron chi connectivity index (χ0n) is 10.4. The summed E-state index contributed by atoms with van der Waals surface area (Å²) in [5.74, 6) is -0.439. The first kappa shape index (κ1) is 13.6. The van der Waals surface area contributed by atoms with Crippen molar-refractivity contribution >= 4 is 22.9 Å². The van der Waals surface area contributed by atoms with Crippen LogP contribution in [0.4, 0.5) is 5.69 Å². The molecule has 2 N–H and O–H groups in total. The second kappa shape index (κ2) is 6.34. The molecule has 0 saturated carbocycles. The Bertz CT molecular complexity index is 412. The lowest BCUT2D eigenvalue weighted by atomic mass is 10.2. The van der Waals surface area contributed by atoms with E-state index >= 15 is 0 Å². The average molecular weight is 254 g/mol. The maximum Gasteiger partial charge on any atom is 0.261 e. The van der Waals surface area contributed by atoms with E-state index in [1.807, 2.05) is 6.07 Å². The molecule has 0 saturated heterocycles. The summed E-state index contributed by atoms with van der Waals surface area (Å²) in [5.41, 5.74) is 5.89. The van der Waals surface area contributed by atoms with Crippen molar-refractivity contribution in [2.75, 3.05) is 14.1 Å². The lowest BCUT2D eigenvalue weighted by molar-refractivity contribution is 0.100. The summed E-state index contributed by atoms with van der Waals surface area (Å²) in [7, 11) is 3.55. The molecule has 0 aliphatic rings. The molecule has 0 aromatic carbocycles. The first-order valence-corrected chi connectivity index (χ1v) is 6.37. The Kier molecular flexibility index (Phi) is 5.09. The van der Waals surface area contributed by atoms with Gasteiger partial charge < -0.3 is 5.73 Å². The molecular weight excluding hydrogens is 236 g/mol. The van der Waals surface area contributed by atoms with Crippen LogP contribution >= 0.6 is 11.3 Å². The molecule has 6 heteroatoms. The Hall–Kier alpha value is -1.43. The van der Waals surface area contributed by atoms with Gasteiger partial charge in [0.1, 0.15) is 10.6 Å². The molecule has 1 heterocycles. The molecule has 5 nitrogen and oxygen atoms in total. The van der Waals surface area contributed by atoms with Crippen molar-refractivity contribution in [3.63, 3.8) is 0 Å². The van der Waals surface area contributed by atoms with Crippen LogP contribution in [0.5, 0.6) is 0 Å². The van der Waals surface area contributed by atoms with E-state index in [1.165, 1.54) is 11.3 Å². The summed E-state index contributed by atoms with van der Waals surface area (Å²) in [6, 6.07) is 1.90. The van der Waals surface area contributed by atoms with Gasteiger partial charge in [-0.2, -0.15) is 0 Å². The minimum Gasteiger partial charge on any atom is -0.365 e. The number of rotatable bonds is 6. The van der Waals surface area contributed by atoms with Gasteiger partial charge in [0.15, 0.2) is 0 Å². The number of carbonyl (C=O) groups is 1. The minimum atomic E-state index is -0.439. The van der Waals surface area contributed by atoms with E-state index in [2.05, 4.69) is 17.3 Å².